The van der Waals surface area contributed by atoms with Crippen molar-refractivity contribution < 1.29 is 8.87 Å². The Kier molecular flexibility index (Phi) is 2.24. The molecule has 2 heteroatoms. The maximum Gasteiger partial charge on any atom is 0.119 e. The minimum Gasteiger partial charge on any atom is -0.326 e. The molecule has 0 saturated carbocycles. The van der Waals surface area contributed by atoms with Crippen LogP contribution < -0.4 is 0 Å². The number of quaternary nitrogens is 1. The Morgan fingerprint density at radius 3 is 2.18 bits per heavy atom. The second-order valence-corrected chi connectivity index (χ2v) is 4.30. The summed E-state index contributed by atoms with van der Waals surface area (Å²) in [7, 11) is 2.22. The summed E-state index contributed by atoms with van der Waals surface area (Å²) in [5, 5.41) is 0. The predicted molar refractivity (Wildman–Crippen MR) is 45.2 cm³/mol. The second kappa shape index (κ2) is 2.74. The number of likely N-dealkylation sites (tertiary alicyclic amines) is 1. The number of halogens is 1. The molecule has 1 aliphatic rings. The molecule has 1 rings (SSSR count). The molecular formula is C9H19FN+. The summed E-state index contributed by atoms with van der Waals surface area (Å²) < 4.78 is 14.4. The van der Waals surface area contributed by atoms with E-state index >= 15 is 0 Å². The van der Waals surface area contributed by atoms with Gasteiger partial charge < -0.3 is 4.48 Å². The number of nitrogens with zero attached hydrogens (tertiary/aromatic N) is 1. The van der Waals surface area contributed by atoms with Crippen LogP contribution in [0.4, 0.5) is 4.39 Å². The Labute approximate surface area is 68.8 Å². The third-order valence-electron chi connectivity index (χ3n) is 3.11. The molecule has 0 unspecified atom stereocenters. The van der Waals surface area contributed by atoms with Gasteiger partial charge in [-0.1, -0.05) is 0 Å². The largest absolute Gasteiger partial charge is 0.326 e. The first-order chi connectivity index (χ1) is 4.97. The Morgan fingerprint density at radius 2 is 1.82 bits per heavy atom. The molecule has 1 nitrogen and oxygen atoms in total. The molecule has 0 aromatic rings. The summed E-state index contributed by atoms with van der Waals surface area (Å²) in [6.45, 7) is 7.05. The molecular weight excluding hydrogens is 141 g/mol. The van der Waals surface area contributed by atoms with Crippen molar-refractivity contribution in [1.82, 2.24) is 0 Å². The SMILES string of the molecule is CC[N+]1(C)CCC(C)(F)CC1. The van der Waals surface area contributed by atoms with Gasteiger partial charge in [-0.2, -0.15) is 0 Å². The van der Waals surface area contributed by atoms with Gasteiger partial charge in [-0.15, -0.1) is 0 Å². The Bertz CT molecular complexity index is 132. The first-order valence-electron chi connectivity index (χ1n) is 4.50. The average molecular weight is 160 g/mol. The van der Waals surface area contributed by atoms with E-state index in [9.17, 15) is 4.39 Å². The highest BCUT2D eigenvalue weighted by molar-refractivity contribution is 4.76. The van der Waals surface area contributed by atoms with Crippen LogP contribution in [0.2, 0.25) is 0 Å². The molecule has 1 aliphatic heterocycles. The molecule has 0 aliphatic carbocycles. The van der Waals surface area contributed by atoms with E-state index in [1.54, 1.807) is 6.92 Å². The fourth-order valence-corrected chi connectivity index (χ4v) is 1.56. The number of hydrogen-bond acceptors (Lipinski definition) is 0. The first-order valence-corrected chi connectivity index (χ1v) is 4.50. The van der Waals surface area contributed by atoms with E-state index < -0.39 is 5.67 Å². The lowest BCUT2D eigenvalue weighted by molar-refractivity contribution is -0.914. The van der Waals surface area contributed by atoms with Crippen LogP contribution in [-0.2, 0) is 0 Å². The quantitative estimate of drug-likeness (QED) is 0.514. The van der Waals surface area contributed by atoms with Crippen molar-refractivity contribution in [3.8, 4) is 0 Å². The van der Waals surface area contributed by atoms with Crippen LogP contribution in [0.3, 0.4) is 0 Å². The van der Waals surface area contributed by atoms with Gasteiger partial charge >= 0.3 is 0 Å². The molecule has 1 heterocycles. The monoisotopic (exact) mass is 160 g/mol. The van der Waals surface area contributed by atoms with E-state index in [2.05, 4.69) is 14.0 Å². The molecule has 0 radical (unpaired) electrons. The highest BCUT2D eigenvalue weighted by atomic mass is 19.1. The molecule has 0 spiro atoms. The van der Waals surface area contributed by atoms with Crippen molar-refractivity contribution in [1.29, 1.82) is 0 Å². The first kappa shape index (κ1) is 8.98. The standard InChI is InChI=1S/C9H19FN/c1-4-11(3)7-5-9(2,10)6-8-11/h4-8H2,1-3H3/q+1. The zero-order chi connectivity index (χ0) is 8.54. The van der Waals surface area contributed by atoms with Gasteiger partial charge in [-0.25, -0.2) is 4.39 Å². The van der Waals surface area contributed by atoms with Gasteiger partial charge in [0.1, 0.15) is 5.67 Å². The van der Waals surface area contributed by atoms with E-state index in [1.165, 1.54) is 0 Å². The highest BCUT2D eigenvalue weighted by Crippen LogP contribution is 2.28. The molecule has 1 saturated heterocycles. The third-order valence-corrected chi connectivity index (χ3v) is 3.11. The van der Waals surface area contributed by atoms with Crippen LogP contribution >= 0.6 is 0 Å². The van der Waals surface area contributed by atoms with Gasteiger partial charge in [-0.05, 0) is 13.8 Å². The molecule has 0 aromatic heterocycles. The fraction of sp³-hybridized carbons (Fsp3) is 1.00. The zero-order valence-electron chi connectivity index (χ0n) is 7.86. The summed E-state index contributed by atoms with van der Waals surface area (Å²) >= 11 is 0. The third kappa shape index (κ3) is 2.16. The molecule has 0 atom stereocenters. The van der Waals surface area contributed by atoms with Crippen molar-refractivity contribution >= 4 is 0 Å². The van der Waals surface area contributed by atoms with Crippen molar-refractivity contribution in [2.24, 2.45) is 0 Å². The fourth-order valence-electron chi connectivity index (χ4n) is 1.56. The average Bonchev–Trinajstić information content (AvgIpc) is 1.97. The number of alkyl halides is 1. The van der Waals surface area contributed by atoms with E-state index in [4.69, 9.17) is 0 Å². The molecule has 0 bridgehead atoms. The minimum absolute atomic E-state index is 0.733. The van der Waals surface area contributed by atoms with E-state index in [1.807, 2.05) is 0 Å². The van der Waals surface area contributed by atoms with E-state index in [-0.39, 0.29) is 0 Å². The predicted octanol–water partition coefficient (Wildman–Crippen LogP) is 1.97. The van der Waals surface area contributed by atoms with Gasteiger partial charge in [0.15, 0.2) is 0 Å². The topological polar surface area (TPSA) is 0 Å². The molecule has 11 heavy (non-hydrogen) atoms. The van der Waals surface area contributed by atoms with Gasteiger partial charge in [0.05, 0.1) is 26.7 Å². The second-order valence-electron chi connectivity index (χ2n) is 4.30. The lowest BCUT2D eigenvalue weighted by atomic mass is 9.94. The van der Waals surface area contributed by atoms with Gasteiger partial charge in [-0.3, -0.25) is 0 Å². The van der Waals surface area contributed by atoms with Crippen LogP contribution in [0.1, 0.15) is 26.7 Å². The van der Waals surface area contributed by atoms with E-state index in [0.29, 0.717) is 0 Å². The smallest absolute Gasteiger partial charge is 0.119 e. The zero-order valence-corrected chi connectivity index (χ0v) is 7.86. The van der Waals surface area contributed by atoms with Gasteiger partial charge in [0, 0.05) is 12.8 Å². The molecule has 66 valence electrons. The summed E-state index contributed by atoms with van der Waals surface area (Å²) in [5.74, 6) is 0. The molecule has 0 N–H and O–H groups in total. The normalized spacial score (nSPS) is 45.8. The molecule has 0 aromatic carbocycles. The number of rotatable bonds is 1. The lowest BCUT2D eigenvalue weighted by Crippen LogP contribution is -2.52. The summed E-state index contributed by atoms with van der Waals surface area (Å²) in [6, 6.07) is 0. The summed E-state index contributed by atoms with van der Waals surface area (Å²) in [5.41, 5.74) is -0.882. The van der Waals surface area contributed by atoms with Crippen molar-refractivity contribution in [2.45, 2.75) is 32.4 Å². The number of piperidine rings is 1. The Morgan fingerprint density at radius 1 is 1.36 bits per heavy atom. The van der Waals surface area contributed by atoms with Crippen LogP contribution in [0.15, 0.2) is 0 Å². The van der Waals surface area contributed by atoms with Crippen LogP contribution in [0, 0.1) is 0 Å². The highest BCUT2D eigenvalue weighted by Gasteiger charge is 2.36. The van der Waals surface area contributed by atoms with Crippen LogP contribution in [0.5, 0.6) is 0 Å². The Hall–Kier alpha value is -0.110. The summed E-state index contributed by atoms with van der Waals surface area (Å²) in [4.78, 5) is 0. The summed E-state index contributed by atoms with van der Waals surface area (Å²) in [6.07, 6.45) is 1.47. The van der Waals surface area contributed by atoms with E-state index in [0.717, 1.165) is 37.0 Å². The minimum atomic E-state index is -0.882. The van der Waals surface area contributed by atoms with Crippen molar-refractivity contribution in [2.75, 3.05) is 26.7 Å². The maximum absolute atomic E-state index is 13.3. The molecule has 1 fully saturated rings. The maximum atomic E-state index is 13.3. The van der Waals surface area contributed by atoms with Gasteiger partial charge in [0.25, 0.3) is 0 Å². The number of hydrogen-bond donors (Lipinski definition) is 0. The van der Waals surface area contributed by atoms with Crippen LogP contribution in [0.25, 0.3) is 0 Å². The van der Waals surface area contributed by atoms with Crippen molar-refractivity contribution in [3.63, 3.8) is 0 Å². The molecule has 0 amide bonds. The van der Waals surface area contributed by atoms with Crippen molar-refractivity contribution in [3.05, 3.63) is 0 Å². The van der Waals surface area contributed by atoms with Gasteiger partial charge in [0.2, 0.25) is 0 Å². The lowest BCUT2D eigenvalue weighted by Gasteiger charge is -2.41. The van der Waals surface area contributed by atoms with Crippen LogP contribution in [-0.4, -0.2) is 36.8 Å². The Balaban J connectivity index is 2.48.